The highest BCUT2D eigenvalue weighted by Gasteiger charge is 2.14. The molecule has 0 radical (unpaired) electrons. The van der Waals surface area contributed by atoms with Crippen molar-refractivity contribution in [3.8, 4) is 11.4 Å². The number of rotatable bonds is 1. The number of nitrogens with zero attached hydrogens (tertiary/aromatic N) is 3. The second-order valence-electron chi connectivity index (χ2n) is 4.03. The number of hydrogen-bond donors (Lipinski definition) is 1. The van der Waals surface area contributed by atoms with Crippen molar-refractivity contribution >= 4 is 34.4 Å². The summed E-state index contributed by atoms with van der Waals surface area (Å²) < 4.78 is 1.72. The lowest BCUT2D eigenvalue weighted by Gasteiger charge is -2.01. The molecule has 2 aromatic heterocycles. The van der Waals surface area contributed by atoms with Crippen LogP contribution < -0.4 is 5.56 Å². The average Bonchev–Trinajstić information content (AvgIpc) is 2.69. The molecule has 19 heavy (non-hydrogen) atoms. The van der Waals surface area contributed by atoms with Gasteiger partial charge < -0.3 is 4.57 Å². The fourth-order valence-corrected chi connectivity index (χ4v) is 2.19. The molecule has 5 nitrogen and oxygen atoms in total. The number of halogens is 2. The molecule has 0 fully saturated rings. The van der Waals surface area contributed by atoms with E-state index in [-0.39, 0.29) is 16.4 Å². The lowest BCUT2D eigenvalue weighted by molar-refractivity contribution is 0.938. The number of benzene rings is 1. The summed E-state index contributed by atoms with van der Waals surface area (Å²) in [6.07, 6.45) is 0. The summed E-state index contributed by atoms with van der Waals surface area (Å²) >= 11 is 11.6. The summed E-state index contributed by atoms with van der Waals surface area (Å²) in [7, 11) is 1.78. The summed E-state index contributed by atoms with van der Waals surface area (Å²) in [6, 6.07) is 7.19. The lowest BCUT2D eigenvalue weighted by atomic mass is 10.2. The normalized spacial score (nSPS) is 11.1. The Kier molecular flexibility index (Phi) is 2.80. The molecule has 3 aromatic rings. The highest BCUT2D eigenvalue weighted by Crippen LogP contribution is 2.22. The SMILES string of the molecule is Cn1c(-c2ccc(Cl)cc2)nc2c(=O)[nH]c(Cl)nc21. The number of aromatic nitrogens is 4. The second-order valence-corrected chi connectivity index (χ2v) is 4.82. The first-order chi connectivity index (χ1) is 9.06. The lowest BCUT2D eigenvalue weighted by Crippen LogP contribution is -2.08. The van der Waals surface area contributed by atoms with Crippen LogP contribution in [0.1, 0.15) is 0 Å². The summed E-state index contributed by atoms with van der Waals surface area (Å²) in [5.41, 5.74) is 1.20. The van der Waals surface area contributed by atoms with Gasteiger partial charge in [-0.2, -0.15) is 4.98 Å². The van der Waals surface area contributed by atoms with Gasteiger partial charge >= 0.3 is 0 Å². The quantitative estimate of drug-likeness (QED) is 0.702. The van der Waals surface area contributed by atoms with Crippen LogP contribution in [0.5, 0.6) is 0 Å². The Morgan fingerprint density at radius 1 is 1.16 bits per heavy atom. The first-order valence-electron chi connectivity index (χ1n) is 5.44. The van der Waals surface area contributed by atoms with Gasteiger partial charge in [0.1, 0.15) is 5.82 Å². The zero-order chi connectivity index (χ0) is 13.6. The Labute approximate surface area is 117 Å². The summed E-state index contributed by atoms with van der Waals surface area (Å²) in [6.45, 7) is 0. The standard InChI is InChI=1S/C12H8Cl2N4O/c1-18-9(6-2-4-7(13)5-3-6)15-8-10(18)16-12(14)17-11(8)19/h2-5H,1H3,(H,16,17,19). The Bertz CT molecular complexity index is 820. The maximum atomic E-state index is 11.8. The molecule has 1 aromatic carbocycles. The number of fused-ring (bicyclic) bond motifs is 1. The summed E-state index contributed by atoms with van der Waals surface area (Å²) in [5.74, 6) is 0.631. The van der Waals surface area contributed by atoms with Crippen molar-refractivity contribution in [3.63, 3.8) is 0 Å². The third-order valence-electron chi connectivity index (χ3n) is 2.80. The number of aromatic amines is 1. The molecule has 0 aliphatic heterocycles. The first kappa shape index (κ1) is 12.2. The highest BCUT2D eigenvalue weighted by molar-refractivity contribution is 6.30. The van der Waals surface area contributed by atoms with Crippen LogP contribution in [-0.4, -0.2) is 19.5 Å². The zero-order valence-electron chi connectivity index (χ0n) is 9.82. The third kappa shape index (κ3) is 2.01. The molecule has 0 saturated carbocycles. The van der Waals surface area contributed by atoms with E-state index in [1.54, 1.807) is 23.7 Å². The fraction of sp³-hybridized carbons (Fsp3) is 0.0833. The number of hydrogen-bond acceptors (Lipinski definition) is 3. The van der Waals surface area contributed by atoms with E-state index in [1.807, 2.05) is 12.1 Å². The predicted octanol–water partition coefficient (Wildman–Crippen LogP) is 2.63. The minimum Gasteiger partial charge on any atom is -0.312 e. The number of H-pyrrole nitrogens is 1. The first-order valence-corrected chi connectivity index (χ1v) is 6.20. The molecule has 3 rings (SSSR count). The minimum atomic E-state index is -0.356. The van der Waals surface area contributed by atoms with Gasteiger partial charge in [-0.1, -0.05) is 11.6 Å². The van der Waals surface area contributed by atoms with E-state index < -0.39 is 0 Å². The van der Waals surface area contributed by atoms with Gasteiger partial charge in [0.15, 0.2) is 11.2 Å². The van der Waals surface area contributed by atoms with E-state index in [4.69, 9.17) is 23.2 Å². The van der Waals surface area contributed by atoms with Crippen molar-refractivity contribution < 1.29 is 0 Å². The average molecular weight is 295 g/mol. The van der Waals surface area contributed by atoms with Crippen LogP contribution in [0.4, 0.5) is 0 Å². The topological polar surface area (TPSA) is 63.6 Å². The van der Waals surface area contributed by atoms with Crippen LogP contribution >= 0.6 is 23.2 Å². The van der Waals surface area contributed by atoms with E-state index >= 15 is 0 Å². The molecule has 0 spiro atoms. The molecular formula is C12H8Cl2N4O. The highest BCUT2D eigenvalue weighted by atomic mass is 35.5. The van der Waals surface area contributed by atoms with Crippen LogP contribution in [0, 0.1) is 0 Å². The summed E-state index contributed by atoms with van der Waals surface area (Å²) in [5, 5.41) is 0.685. The summed E-state index contributed by atoms with van der Waals surface area (Å²) in [4.78, 5) is 22.6. The van der Waals surface area contributed by atoms with Crippen LogP contribution in [0.25, 0.3) is 22.6 Å². The Morgan fingerprint density at radius 3 is 2.53 bits per heavy atom. The minimum absolute atomic E-state index is 0.0446. The van der Waals surface area contributed by atoms with Crippen molar-refractivity contribution in [1.82, 2.24) is 19.5 Å². The van der Waals surface area contributed by atoms with E-state index in [2.05, 4.69) is 15.0 Å². The van der Waals surface area contributed by atoms with Gasteiger partial charge in [-0.3, -0.25) is 9.78 Å². The maximum absolute atomic E-state index is 11.8. The van der Waals surface area contributed by atoms with E-state index in [0.29, 0.717) is 16.5 Å². The predicted molar refractivity (Wildman–Crippen MR) is 74.6 cm³/mol. The molecule has 0 amide bonds. The second kappa shape index (κ2) is 4.36. The van der Waals surface area contributed by atoms with Gasteiger partial charge in [-0.15, -0.1) is 0 Å². The Balaban J connectivity index is 2.31. The van der Waals surface area contributed by atoms with E-state index in [1.165, 1.54) is 0 Å². The maximum Gasteiger partial charge on any atom is 0.280 e. The van der Waals surface area contributed by atoms with Crippen LogP contribution in [0.15, 0.2) is 29.1 Å². The van der Waals surface area contributed by atoms with Crippen molar-refractivity contribution in [2.75, 3.05) is 0 Å². The van der Waals surface area contributed by atoms with Crippen LogP contribution in [-0.2, 0) is 7.05 Å². The van der Waals surface area contributed by atoms with Gasteiger partial charge in [0, 0.05) is 17.6 Å². The number of aryl methyl sites for hydroxylation is 1. The molecule has 96 valence electrons. The molecule has 0 aliphatic rings. The molecule has 2 heterocycles. The smallest absolute Gasteiger partial charge is 0.280 e. The van der Waals surface area contributed by atoms with Gasteiger partial charge in [0.2, 0.25) is 5.28 Å². The van der Waals surface area contributed by atoms with Crippen molar-refractivity contribution in [2.45, 2.75) is 0 Å². The van der Waals surface area contributed by atoms with Gasteiger partial charge in [0.05, 0.1) is 0 Å². The van der Waals surface area contributed by atoms with Crippen LogP contribution in [0.2, 0.25) is 10.3 Å². The monoisotopic (exact) mass is 294 g/mol. The zero-order valence-corrected chi connectivity index (χ0v) is 11.3. The van der Waals surface area contributed by atoms with Gasteiger partial charge in [-0.05, 0) is 35.9 Å². The molecule has 0 aliphatic carbocycles. The Hall–Kier alpha value is -1.85. The van der Waals surface area contributed by atoms with Gasteiger partial charge in [-0.25, -0.2) is 4.98 Å². The Morgan fingerprint density at radius 2 is 1.84 bits per heavy atom. The molecule has 0 atom stereocenters. The third-order valence-corrected chi connectivity index (χ3v) is 3.23. The molecular weight excluding hydrogens is 287 g/mol. The largest absolute Gasteiger partial charge is 0.312 e. The van der Waals surface area contributed by atoms with E-state index in [9.17, 15) is 4.79 Å². The van der Waals surface area contributed by atoms with Crippen molar-refractivity contribution in [2.24, 2.45) is 7.05 Å². The van der Waals surface area contributed by atoms with Gasteiger partial charge in [0.25, 0.3) is 5.56 Å². The van der Waals surface area contributed by atoms with Crippen molar-refractivity contribution in [3.05, 3.63) is 44.9 Å². The van der Waals surface area contributed by atoms with Crippen LogP contribution in [0.3, 0.4) is 0 Å². The molecule has 0 unspecified atom stereocenters. The number of imidazole rings is 1. The fourth-order valence-electron chi connectivity index (χ4n) is 1.90. The molecule has 1 N–H and O–H groups in total. The number of nitrogens with one attached hydrogen (secondary N) is 1. The molecule has 0 saturated heterocycles. The van der Waals surface area contributed by atoms with Crippen molar-refractivity contribution in [1.29, 1.82) is 0 Å². The molecule has 7 heteroatoms. The molecule has 0 bridgehead atoms. The van der Waals surface area contributed by atoms with E-state index in [0.717, 1.165) is 5.56 Å².